The van der Waals surface area contributed by atoms with E-state index < -0.39 is 17.7 Å². The average molecular weight is 262 g/mol. The summed E-state index contributed by atoms with van der Waals surface area (Å²) in [6.07, 6.45) is 3.85. The van der Waals surface area contributed by atoms with E-state index in [2.05, 4.69) is 10.3 Å². The van der Waals surface area contributed by atoms with E-state index >= 15 is 0 Å². The van der Waals surface area contributed by atoms with Crippen molar-refractivity contribution < 1.29 is 8.78 Å². The first-order valence-corrected chi connectivity index (χ1v) is 6.14. The fraction of sp³-hybridized carbons (Fsp3) is 0.267. The number of nitrogens with one attached hydrogen (secondary N) is 1. The Balaban J connectivity index is 2.35. The van der Waals surface area contributed by atoms with Gasteiger partial charge in [-0.05, 0) is 49.7 Å². The van der Waals surface area contributed by atoms with Crippen LogP contribution in [0.25, 0.3) is 0 Å². The lowest BCUT2D eigenvalue weighted by molar-refractivity contribution is 0.486. The number of nitrogens with zero attached hydrogens (tertiary/aromatic N) is 1. The number of pyridine rings is 1. The van der Waals surface area contributed by atoms with Gasteiger partial charge in [-0.1, -0.05) is 6.07 Å². The van der Waals surface area contributed by atoms with E-state index in [0.717, 1.165) is 5.56 Å². The molecule has 1 atom stereocenters. The predicted octanol–water partition coefficient (Wildman–Crippen LogP) is 3.17. The van der Waals surface area contributed by atoms with Crippen molar-refractivity contribution in [3.8, 4) is 0 Å². The summed E-state index contributed by atoms with van der Waals surface area (Å²) in [6, 6.07) is 6.05. The molecule has 0 saturated heterocycles. The number of aryl methyl sites for hydroxylation is 1. The van der Waals surface area contributed by atoms with E-state index in [9.17, 15) is 8.78 Å². The second-order valence-corrected chi connectivity index (χ2v) is 4.49. The van der Waals surface area contributed by atoms with Crippen molar-refractivity contribution in [3.63, 3.8) is 0 Å². The third-order valence-electron chi connectivity index (χ3n) is 3.21. The van der Waals surface area contributed by atoms with Crippen LogP contribution in [-0.2, 0) is 6.42 Å². The topological polar surface area (TPSA) is 24.9 Å². The first kappa shape index (κ1) is 13.6. The first-order chi connectivity index (χ1) is 9.13. The summed E-state index contributed by atoms with van der Waals surface area (Å²) in [5.74, 6) is -0.995. The highest BCUT2D eigenvalue weighted by Gasteiger charge is 2.20. The summed E-state index contributed by atoms with van der Waals surface area (Å²) in [4.78, 5) is 3.93. The molecule has 100 valence electrons. The molecule has 0 spiro atoms. The van der Waals surface area contributed by atoms with Crippen molar-refractivity contribution in [3.05, 3.63) is 65.0 Å². The molecule has 1 aromatic carbocycles. The number of aromatic nitrogens is 1. The zero-order valence-corrected chi connectivity index (χ0v) is 11.0. The van der Waals surface area contributed by atoms with Crippen LogP contribution in [0.5, 0.6) is 0 Å². The molecule has 1 N–H and O–H groups in total. The number of hydrogen-bond donors (Lipinski definition) is 1. The van der Waals surface area contributed by atoms with E-state index in [4.69, 9.17) is 0 Å². The molecule has 0 amide bonds. The Morgan fingerprint density at radius 3 is 2.47 bits per heavy atom. The van der Waals surface area contributed by atoms with Gasteiger partial charge in [-0.2, -0.15) is 0 Å². The molecule has 2 aromatic rings. The number of benzene rings is 1. The summed E-state index contributed by atoms with van der Waals surface area (Å²) in [5.41, 5.74) is 1.53. The van der Waals surface area contributed by atoms with E-state index in [1.54, 1.807) is 26.4 Å². The Bertz CT molecular complexity index is 556. The maximum atomic E-state index is 14.1. The largest absolute Gasteiger partial charge is 0.313 e. The second kappa shape index (κ2) is 5.89. The number of rotatable bonds is 4. The molecule has 1 heterocycles. The Kier molecular flexibility index (Phi) is 4.22. The third kappa shape index (κ3) is 2.96. The van der Waals surface area contributed by atoms with Gasteiger partial charge in [0.2, 0.25) is 0 Å². The summed E-state index contributed by atoms with van der Waals surface area (Å²) in [6.45, 7) is 1.64. The zero-order chi connectivity index (χ0) is 13.8. The summed E-state index contributed by atoms with van der Waals surface area (Å²) >= 11 is 0. The number of halogens is 2. The first-order valence-electron chi connectivity index (χ1n) is 6.14. The molecular weight excluding hydrogens is 246 g/mol. The van der Waals surface area contributed by atoms with Gasteiger partial charge in [0.25, 0.3) is 0 Å². The minimum absolute atomic E-state index is 0.0966. The highest BCUT2D eigenvalue weighted by molar-refractivity contribution is 5.30. The maximum absolute atomic E-state index is 14.1. The molecule has 19 heavy (non-hydrogen) atoms. The average Bonchev–Trinajstić information content (AvgIpc) is 2.43. The lowest BCUT2D eigenvalue weighted by atomic mass is 9.97. The molecular formula is C15H16F2N2. The van der Waals surface area contributed by atoms with Gasteiger partial charge in [-0.15, -0.1) is 0 Å². The van der Waals surface area contributed by atoms with E-state index in [-0.39, 0.29) is 5.56 Å². The fourth-order valence-corrected chi connectivity index (χ4v) is 2.10. The van der Waals surface area contributed by atoms with Gasteiger partial charge < -0.3 is 5.32 Å². The second-order valence-electron chi connectivity index (χ2n) is 4.49. The molecule has 0 aliphatic heterocycles. The molecule has 0 aliphatic carbocycles. The van der Waals surface area contributed by atoms with Crippen LogP contribution in [0, 0.1) is 18.6 Å². The molecule has 0 saturated carbocycles. The normalized spacial score (nSPS) is 12.4. The van der Waals surface area contributed by atoms with Crippen LogP contribution in [0.1, 0.15) is 22.7 Å². The van der Waals surface area contributed by atoms with Crippen LogP contribution in [0.2, 0.25) is 0 Å². The Morgan fingerprint density at radius 2 is 1.84 bits per heavy atom. The maximum Gasteiger partial charge on any atom is 0.133 e. The van der Waals surface area contributed by atoms with Crippen LogP contribution in [0.4, 0.5) is 8.78 Å². The van der Waals surface area contributed by atoms with Crippen LogP contribution in [0.3, 0.4) is 0 Å². The standard InChI is InChI=1S/C15H16F2N2/c1-10-3-4-12(16)14(15(10)17)13(18-2)9-11-5-7-19-8-6-11/h3-8,13,18H,9H2,1-2H3. The van der Waals surface area contributed by atoms with Gasteiger partial charge in [-0.25, -0.2) is 8.78 Å². The smallest absolute Gasteiger partial charge is 0.133 e. The van der Waals surface area contributed by atoms with Crippen LogP contribution < -0.4 is 5.32 Å². The highest BCUT2D eigenvalue weighted by Crippen LogP contribution is 2.25. The quantitative estimate of drug-likeness (QED) is 0.915. The van der Waals surface area contributed by atoms with Crippen LogP contribution >= 0.6 is 0 Å². The number of likely N-dealkylation sites (N-methyl/N-ethyl adjacent to an activating group) is 1. The molecule has 0 aliphatic rings. The molecule has 2 nitrogen and oxygen atoms in total. The highest BCUT2D eigenvalue weighted by atomic mass is 19.1. The van der Waals surface area contributed by atoms with Gasteiger partial charge >= 0.3 is 0 Å². The molecule has 4 heteroatoms. The van der Waals surface area contributed by atoms with Gasteiger partial charge in [-0.3, -0.25) is 4.98 Å². The van der Waals surface area contributed by atoms with E-state index in [1.165, 1.54) is 12.1 Å². The molecule has 1 unspecified atom stereocenters. The fourth-order valence-electron chi connectivity index (χ4n) is 2.10. The molecule has 0 bridgehead atoms. The predicted molar refractivity (Wildman–Crippen MR) is 70.8 cm³/mol. The van der Waals surface area contributed by atoms with Gasteiger partial charge in [0, 0.05) is 24.0 Å². The van der Waals surface area contributed by atoms with Gasteiger partial charge in [0.05, 0.1) is 0 Å². The Hall–Kier alpha value is -1.81. The minimum atomic E-state index is -0.517. The molecule has 1 aromatic heterocycles. The lowest BCUT2D eigenvalue weighted by Gasteiger charge is -2.19. The number of hydrogen-bond acceptors (Lipinski definition) is 2. The van der Waals surface area contributed by atoms with Crippen molar-refractivity contribution in [2.24, 2.45) is 0 Å². The summed E-state index contributed by atoms with van der Waals surface area (Å²) < 4.78 is 28.0. The van der Waals surface area contributed by atoms with E-state index in [1.807, 2.05) is 12.1 Å². The molecule has 2 rings (SSSR count). The Labute approximate surface area is 111 Å². The van der Waals surface area contributed by atoms with Crippen molar-refractivity contribution in [1.82, 2.24) is 10.3 Å². The SMILES string of the molecule is CNC(Cc1ccncc1)c1c(F)ccc(C)c1F. The lowest BCUT2D eigenvalue weighted by Crippen LogP contribution is -2.22. The van der Waals surface area contributed by atoms with E-state index in [0.29, 0.717) is 12.0 Å². The van der Waals surface area contributed by atoms with Crippen molar-refractivity contribution in [2.75, 3.05) is 7.05 Å². The van der Waals surface area contributed by atoms with Crippen molar-refractivity contribution in [1.29, 1.82) is 0 Å². The molecule has 0 radical (unpaired) electrons. The van der Waals surface area contributed by atoms with Gasteiger partial charge in [0.1, 0.15) is 11.6 Å². The van der Waals surface area contributed by atoms with Crippen LogP contribution in [-0.4, -0.2) is 12.0 Å². The summed E-state index contributed by atoms with van der Waals surface area (Å²) in [7, 11) is 1.70. The third-order valence-corrected chi connectivity index (χ3v) is 3.21. The molecule has 0 fully saturated rings. The summed E-state index contributed by atoms with van der Waals surface area (Å²) in [5, 5.41) is 2.98. The monoisotopic (exact) mass is 262 g/mol. The Morgan fingerprint density at radius 1 is 1.16 bits per heavy atom. The van der Waals surface area contributed by atoms with Crippen molar-refractivity contribution >= 4 is 0 Å². The van der Waals surface area contributed by atoms with Crippen LogP contribution in [0.15, 0.2) is 36.7 Å². The van der Waals surface area contributed by atoms with Crippen molar-refractivity contribution in [2.45, 2.75) is 19.4 Å². The van der Waals surface area contributed by atoms with Gasteiger partial charge in [0.15, 0.2) is 0 Å². The zero-order valence-electron chi connectivity index (χ0n) is 11.0. The minimum Gasteiger partial charge on any atom is -0.313 e.